The molecular weight excluding hydrogens is 308 g/mol. The molecule has 0 unspecified atom stereocenters. The molecule has 2 N–H and O–H groups in total. The van der Waals surface area contributed by atoms with E-state index in [0.29, 0.717) is 10.3 Å². The SMILES string of the molecule is COc1ccc(-c2cc(-c3cc(C)ccc3O)[nH]c(=S)n2)cc1. The van der Waals surface area contributed by atoms with Gasteiger partial charge in [0.05, 0.1) is 18.5 Å². The van der Waals surface area contributed by atoms with Crippen LogP contribution in [-0.2, 0) is 0 Å². The molecule has 116 valence electrons. The van der Waals surface area contributed by atoms with Crippen molar-refractivity contribution >= 4 is 12.2 Å². The Morgan fingerprint density at radius 3 is 2.52 bits per heavy atom. The van der Waals surface area contributed by atoms with Crippen molar-refractivity contribution < 1.29 is 9.84 Å². The summed E-state index contributed by atoms with van der Waals surface area (Å²) < 4.78 is 5.54. The Kier molecular flexibility index (Phi) is 4.12. The van der Waals surface area contributed by atoms with Gasteiger partial charge >= 0.3 is 0 Å². The molecule has 4 nitrogen and oxygen atoms in total. The van der Waals surface area contributed by atoms with E-state index < -0.39 is 0 Å². The third-order valence-electron chi connectivity index (χ3n) is 3.57. The Bertz CT molecular complexity index is 902. The van der Waals surface area contributed by atoms with Crippen LogP contribution in [0.1, 0.15) is 5.56 Å². The molecule has 0 fully saturated rings. The van der Waals surface area contributed by atoms with Crippen LogP contribution in [-0.4, -0.2) is 22.2 Å². The topological polar surface area (TPSA) is 58.1 Å². The van der Waals surface area contributed by atoms with Gasteiger partial charge in [-0.1, -0.05) is 11.6 Å². The van der Waals surface area contributed by atoms with Crippen molar-refractivity contribution in [3.63, 3.8) is 0 Å². The number of hydrogen-bond acceptors (Lipinski definition) is 4. The van der Waals surface area contributed by atoms with Gasteiger partial charge in [0.25, 0.3) is 0 Å². The van der Waals surface area contributed by atoms with Crippen LogP contribution in [0.4, 0.5) is 0 Å². The molecule has 0 saturated carbocycles. The van der Waals surface area contributed by atoms with Crippen LogP contribution in [0.5, 0.6) is 11.5 Å². The Balaban J connectivity index is 2.12. The lowest BCUT2D eigenvalue weighted by Crippen LogP contribution is -1.92. The summed E-state index contributed by atoms with van der Waals surface area (Å²) in [5.41, 5.74) is 4.16. The van der Waals surface area contributed by atoms with Crippen LogP contribution in [0.2, 0.25) is 0 Å². The molecule has 0 saturated heterocycles. The Labute approximate surface area is 139 Å². The molecule has 3 rings (SSSR count). The summed E-state index contributed by atoms with van der Waals surface area (Å²) in [6.45, 7) is 1.98. The average Bonchev–Trinajstić information content (AvgIpc) is 2.56. The fourth-order valence-electron chi connectivity index (χ4n) is 2.38. The van der Waals surface area contributed by atoms with Gasteiger partial charge in [0.2, 0.25) is 0 Å². The first-order chi connectivity index (χ1) is 11.1. The summed E-state index contributed by atoms with van der Waals surface area (Å²) >= 11 is 5.24. The van der Waals surface area contributed by atoms with Crippen LogP contribution in [0.3, 0.4) is 0 Å². The van der Waals surface area contributed by atoms with Gasteiger partial charge in [0.15, 0.2) is 4.77 Å². The van der Waals surface area contributed by atoms with E-state index in [1.165, 1.54) is 0 Å². The lowest BCUT2D eigenvalue weighted by molar-refractivity contribution is 0.415. The molecule has 1 aromatic heterocycles. The number of aryl methyl sites for hydroxylation is 1. The number of phenols is 1. The number of ether oxygens (including phenoxy) is 1. The van der Waals surface area contributed by atoms with Gasteiger partial charge in [-0.2, -0.15) is 0 Å². The first kappa shape index (κ1) is 15.2. The zero-order valence-corrected chi connectivity index (χ0v) is 13.6. The Morgan fingerprint density at radius 2 is 1.83 bits per heavy atom. The molecule has 0 spiro atoms. The number of aromatic amines is 1. The third-order valence-corrected chi connectivity index (χ3v) is 3.77. The van der Waals surface area contributed by atoms with E-state index >= 15 is 0 Å². The van der Waals surface area contributed by atoms with Crippen LogP contribution >= 0.6 is 12.2 Å². The molecule has 23 heavy (non-hydrogen) atoms. The number of benzene rings is 2. The maximum atomic E-state index is 10.1. The van der Waals surface area contributed by atoms with E-state index in [9.17, 15) is 5.11 Å². The summed E-state index contributed by atoms with van der Waals surface area (Å²) in [6, 6.07) is 14.9. The van der Waals surface area contributed by atoms with Crippen LogP contribution < -0.4 is 4.74 Å². The van der Waals surface area contributed by atoms with Gasteiger partial charge < -0.3 is 14.8 Å². The van der Waals surface area contributed by atoms with Gasteiger partial charge in [0.1, 0.15) is 11.5 Å². The number of hydrogen-bond donors (Lipinski definition) is 2. The summed E-state index contributed by atoms with van der Waals surface area (Å²) in [5, 5.41) is 10.1. The quantitative estimate of drug-likeness (QED) is 0.697. The first-order valence-electron chi connectivity index (χ1n) is 7.12. The number of aromatic hydroxyl groups is 1. The highest BCUT2D eigenvalue weighted by atomic mass is 32.1. The summed E-state index contributed by atoms with van der Waals surface area (Å²) in [5.74, 6) is 0.986. The largest absolute Gasteiger partial charge is 0.507 e. The summed E-state index contributed by atoms with van der Waals surface area (Å²) in [6.07, 6.45) is 0. The molecule has 2 aromatic carbocycles. The zero-order chi connectivity index (χ0) is 16.4. The summed E-state index contributed by atoms with van der Waals surface area (Å²) in [7, 11) is 1.63. The predicted molar refractivity (Wildman–Crippen MR) is 93.2 cm³/mol. The molecule has 0 aliphatic rings. The van der Waals surface area contributed by atoms with E-state index in [2.05, 4.69) is 9.97 Å². The molecule has 0 bridgehead atoms. The number of nitrogens with one attached hydrogen (secondary N) is 1. The molecular formula is C18H16N2O2S. The van der Waals surface area contributed by atoms with Gasteiger partial charge in [-0.25, -0.2) is 4.98 Å². The van der Waals surface area contributed by atoms with Gasteiger partial charge in [0, 0.05) is 11.1 Å². The monoisotopic (exact) mass is 324 g/mol. The van der Waals surface area contributed by atoms with Crippen molar-refractivity contribution in [1.82, 2.24) is 9.97 Å². The first-order valence-corrected chi connectivity index (χ1v) is 7.53. The van der Waals surface area contributed by atoms with Crippen molar-refractivity contribution in [3.8, 4) is 34.0 Å². The van der Waals surface area contributed by atoms with E-state index in [4.69, 9.17) is 17.0 Å². The second-order valence-electron chi connectivity index (χ2n) is 5.23. The number of methoxy groups -OCH3 is 1. The molecule has 0 radical (unpaired) electrons. The number of H-pyrrole nitrogens is 1. The fraction of sp³-hybridized carbons (Fsp3) is 0.111. The molecule has 5 heteroatoms. The average molecular weight is 324 g/mol. The highest BCUT2D eigenvalue weighted by Gasteiger charge is 2.09. The molecule has 0 atom stereocenters. The van der Waals surface area contributed by atoms with E-state index in [1.807, 2.05) is 49.4 Å². The van der Waals surface area contributed by atoms with Crippen molar-refractivity contribution in [2.24, 2.45) is 0 Å². The van der Waals surface area contributed by atoms with E-state index in [1.54, 1.807) is 13.2 Å². The minimum absolute atomic E-state index is 0.202. The Morgan fingerprint density at radius 1 is 1.09 bits per heavy atom. The maximum Gasteiger partial charge on any atom is 0.197 e. The number of rotatable bonds is 3. The fourth-order valence-corrected chi connectivity index (χ4v) is 2.59. The number of aromatic nitrogens is 2. The normalized spacial score (nSPS) is 10.5. The number of nitrogens with zero attached hydrogens (tertiary/aromatic N) is 1. The van der Waals surface area contributed by atoms with Gasteiger partial charge in [-0.05, 0) is 61.6 Å². The molecule has 0 amide bonds. The third kappa shape index (κ3) is 3.24. The lowest BCUT2D eigenvalue weighted by Gasteiger charge is -2.09. The van der Waals surface area contributed by atoms with Gasteiger partial charge in [-0.3, -0.25) is 0 Å². The van der Waals surface area contributed by atoms with Crippen LogP contribution in [0, 0.1) is 11.7 Å². The van der Waals surface area contributed by atoms with Crippen molar-refractivity contribution in [2.45, 2.75) is 6.92 Å². The number of phenolic OH excluding ortho intramolecular Hbond substituents is 1. The minimum atomic E-state index is 0.202. The Hall–Kier alpha value is -2.66. The van der Waals surface area contributed by atoms with E-state index in [0.717, 1.165) is 28.3 Å². The van der Waals surface area contributed by atoms with Crippen LogP contribution in [0.25, 0.3) is 22.5 Å². The second-order valence-corrected chi connectivity index (χ2v) is 5.62. The maximum absolute atomic E-state index is 10.1. The smallest absolute Gasteiger partial charge is 0.197 e. The van der Waals surface area contributed by atoms with Gasteiger partial charge in [-0.15, -0.1) is 0 Å². The highest BCUT2D eigenvalue weighted by molar-refractivity contribution is 7.71. The zero-order valence-electron chi connectivity index (χ0n) is 12.8. The molecule has 0 aliphatic heterocycles. The molecule has 3 aromatic rings. The van der Waals surface area contributed by atoms with Crippen molar-refractivity contribution in [1.29, 1.82) is 0 Å². The second kappa shape index (κ2) is 6.22. The predicted octanol–water partition coefficient (Wildman–Crippen LogP) is 4.50. The summed E-state index contributed by atoms with van der Waals surface area (Å²) in [4.78, 5) is 7.42. The van der Waals surface area contributed by atoms with E-state index in [-0.39, 0.29) is 5.75 Å². The van der Waals surface area contributed by atoms with Crippen LogP contribution in [0.15, 0.2) is 48.5 Å². The molecule has 0 aliphatic carbocycles. The molecule has 1 heterocycles. The highest BCUT2D eigenvalue weighted by Crippen LogP contribution is 2.31. The minimum Gasteiger partial charge on any atom is -0.507 e. The lowest BCUT2D eigenvalue weighted by atomic mass is 10.0. The standard InChI is InChI=1S/C18H16N2O2S/c1-11-3-8-17(21)14(9-11)16-10-15(19-18(23)20-16)12-4-6-13(22-2)7-5-12/h3-10,21H,1-2H3,(H,19,20,23). The van der Waals surface area contributed by atoms with Crippen molar-refractivity contribution in [2.75, 3.05) is 7.11 Å². The van der Waals surface area contributed by atoms with Crippen molar-refractivity contribution in [3.05, 3.63) is 58.9 Å².